The highest BCUT2D eigenvalue weighted by atomic mass is 32.1. The van der Waals surface area contributed by atoms with Crippen molar-refractivity contribution >= 4 is 23.3 Å². The summed E-state index contributed by atoms with van der Waals surface area (Å²) in [7, 11) is 0. The van der Waals surface area contributed by atoms with Crippen LogP contribution in [0.25, 0.3) is 11.0 Å². The number of ether oxygens (including phenoxy) is 1. The second kappa shape index (κ2) is 5.80. The molecule has 23 heavy (non-hydrogen) atoms. The van der Waals surface area contributed by atoms with Gasteiger partial charge in [-0.3, -0.25) is 0 Å². The Morgan fingerprint density at radius 2 is 1.91 bits per heavy atom. The predicted octanol–water partition coefficient (Wildman–Crippen LogP) is 0.864. The number of rotatable bonds is 2. The van der Waals surface area contributed by atoms with E-state index in [4.69, 9.17) is 22.1 Å². The van der Waals surface area contributed by atoms with E-state index in [1.54, 1.807) is 0 Å². The second-order valence-electron chi connectivity index (χ2n) is 5.11. The first-order valence-electron chi connectivity index (χ1n) is 6.55. The van der Waals surface area contributed by atoms with Crippen molar-refractivity contribution in [2.45, 2.75) is 24.4 Å². The van der Waals surface area contributed by atoms with Gasteiger partial charge in [0, 0.05) is 5.56 Å². The molecule has 4 atom stereocenters. The van der Waals surface area contributed by atoms with Crippen LogP contribution >= 0.6 is 12.2 Å². The van der Waals surface area contributed by atoms with Gasteiger partial charge in [-0.2, -0.15) is 13.8 Å². The molecule has 0 radical (unpaired) electrons. The Kier molecular flexibility index (Phi) is 4.10. The fourth-order valence-electron chi connectivity index (χ4n) is 2.52. The lowest BCUT2D eigenvalue weighted by Gasteiger charge is -2.16. The smallest absolute Gasteiger partial charge is 0.254 e. The SMILES string of the molecule is OC[C@H]1O[C@@H](c2cc3c(F)c(F)c(F)nc3[nH]c2=S)C(O)C1O. The largest absolute Gasteiger partial charge is 0.394 e. The Morgan fingerprint density at radius 1 is 1.22 bits per heavy atom. The van der Waals surface area contributed by atoms with Gasteiger partial charge in [-0.05, 0) is 6.07 Å². The molecular formula is C13H11F3N2O4S. The van der Waals surface area contributed by atoms with Gasteiger partial charge >= 0.3 is 0 Å². The van der Waals surface area contributed by atoms with E-state index >= 15 is 0 Å². The van der Waals surface area contributed by atoms with Crippen LogP contribution in [0.1, 0.15) is 11.7 Å². The molecular weight excluding hydrogens is 337 g/mol. The number of hydrogen-bond acceptors (Lipinski definition) is 6. The third-order valence-corrected chi connectivity index (χ3v) is 4.06. The summed E-state index contributed by atoms with van der Waals surface area (Å²) in [5, 5.41) is 28.4. The zero-order chi connectivity index (χ0) is 16.9. The average Bonchev–Trinajstić information content (AvgIpc) is 2.80. The minimum absolute atomic E-state index is 0.0507. The van der Waals surface area contributed by atoms with Crippen LogP contribution in [0.15, 0.2) is 6.07 Å². The average molecular weight is 348 g/mol. The van der Waals surface area contributed by atoms with Gasteiger partial charge in [-0.1, -0.05) is 12.2 Å². The Morgan fingerprint density at radius 3 is 2.52 bits per heavy atom. The lowest BCUT2D eigenvalue weighted by molar-refractivity contribution is -0.0229. The molecule has 0 bridgehead atoms. The number of aromatic amines is 1. The monoisotopic (exact) mass is 348 g/mol. The van der Waals surface area contributed by atoms with E-state index in [1.165, 1.54) is 0 Å². The maximum Gasteiger partial charge on any atom is 0.254 e. The van der Waals surface area contributed by atoms with Crippen LogP contribution in [0.5, 0.6) is 0 Å². The minimum atomic E-state index is -1.74. The molecule has 1 aliphatic rings. The van der Waals surface area contributed by atoms with E-state index in [-0.39, 0.29) is 21.2 Å². The second-order valence-corrected chi connectivity index (χ2v) is 5.51. The maximum atomic E-state index is 13.9. The number of aromatic nitrogens is 2. The first kappa shape index (κ1) is 16.3. The third-order valence-electron chi connectivity index (χ3n) is 3.72. The first-order chi connectivity index (χ1) is 10.8. The number of aliphatic hydroxyl groups is 3. The lowest BCUT2D eigenvalue weighted by Crippen LogP contribution is -2.32. The summed E-state index contributed by atoms with van der Waals surface area (Å²) in [6, 6.07) is 1.07. The molecule has 3 heterocycles. The number of pyridine rings is 2. The van der Waals surface area contributed by atoms with Gasteiger partial charge in [-0.25, -0.2) is 4.39 Å². The highest BCUT2D eigenvalue weighted by molar-refractivity contribution is 7.71. The molecule has 1 saturated heterocycles. The van der Waals surface area contributed by atoms with Gasteiger partial charge in [0.05, 0.1) is 12.0 Å². The number of fused-ring (bicyclic) bond motifs is 1. The molecule has 0 saturated carbocycles. The highest BCUT2D eigenvalue weighted by Crippen LogP contribution is 2.35. The number of H-pyrrole nitrogens is 1. The summed E-state index contributed by atoms with van der Waals surface area (Å²) in [6.07, 6.45) is -5.01. The molecule has 2 aromatic heterocycles. The fraction of sp³-hybridized carbons (Fsp3) is 0.385. The summed E-state index contributed by atoms with van der Waals surface area (Å²) in [4.78, 5) is 5.67. The third kappa shape index (κ3) is 2.52. The van der Waals surface area contributed by atoms with Gasteiger partial charge in [0.15, 0.2) is 5.82 Å². The molecule has 4 N–H and O–H groups in total. The summed E-state index contributed by atoms with van der Waals surface area (Å²) in [6.45, 7) is -0.547. The molecule has 0 aromatic carbocycles. The van der Waals surface area contributed by atoms with Crippen molar-refractivity contribution in [3.05, 3.63) is 33.9 Å². The summed E-state index contributed by atoms with van der Waals surface area (Å²) >= 11 is 5.03. The Bertz CT molecular complexity index is 831. The van der Waals surface area contributed by atoms with E-state index in [9.17, 15) is 23.4 Å². The number of halogens is 3. The predicted molar refractivity (Wildman–Crippen MR) is 73.5 cm³/mol. The molecule has 2 aromatic rings. The maximum absolute atomic E-state index is 13.9. The molecule has 2 unspecified atom stereocenters. The van der Waals surface area contributed by atoms with Gasteiger partial charge in [-0.15, -0.1) is 0 Å². The Balaban J connectivity index is 2.16. The van der Waals surface area contributed by atoms with Crippen LogP contribution in [-0.2, 0) is 4.74 Å². The molecule has 3 rings (SSSR count). The molecule has 124 valence electrons. The van der Waals surface area contributed by atoms with E-state index in [0.717, 1.165) is 6.07 Å². The molecule has 1 aliphatic heterocycles. The van der Waals surface area contributed by atoms with E-state index in [1.807, 2.05) is 0 Å². The van der Waals surface area contributed by atoms with Crippen molar-refractivity contribution in [2.24, 2.45) is 0 Å². The van der Waals surface area contributed by atoms with Crippen molar-refractivity contribution in [1.29, 1.82) is 0 Å². The zero-order valence-electron chi connectivity index (χ0n) is 11.3. The number of hydrogen-bond donors (Lipinski definition) is 4. The highest BCUT2D eigenvalue weighted by Gasteiger charge is 2.43. The zero-order valence-corrected chi connectivity index (χ0v) is 12.1. The quantitative estimate of drug-likeness (QED) is 0.475. The summed E-state index contributed by atoms with van der Waals surface area (Å²) < 4.78 is 45.6. The topological polar surface area (TPSA) is 98.6 Å². The van der Waals surface area contributed by atoms with Gasteiger partial charge in [0.25, 0.3) is 5.95 Å². The normalized spacial score (nSPS) is 27.7. The van der Waals surface area contributed by atoms with E-state index in [0.29, 0.717) is 0 Å². The number of aliphatic hydroxyl groups excluding tert-OH is 3. The van der Waals surface area contributed by atoms with Crippen LogP contribution in [0.3, 0.4) is 0 Å². The number of nitrogens with zero attached hydrogens (tertiary/aromatic N) is 1. The Labute approximate surface area is 132 Å². The summed E-state index contributed by atoms with van der Waals surface area (Å²) in [5.74, 6) is -4.82. The van der Waals surface area contributed by atoms with Gasteiger partial charge < -0.3 is 25.0 Å². The van der Waals surface area contributed by atoms with Crippen LogP contribution in [-0.4, -0.2) is 50.2 Å². The summed E-state index contributed by atoms with van der Waals surface area (Å²) in [5.41, 5.74) is -0.247. The molecule has 1 fully saturated rings. The van der Waals surface area contributed by atoms with Gasteiger partial charge in [0.1, 0.15) is 34.7 Å². The molecule has 0 spiro atoms. The first-order valence-corrected chi connectivity index (χ1v) is 6.95. The van der Waals surface area contributed by atoms with Crippen LogP contribution in [0.4, 0.5) is 13.2 Å². The number of nitrogens with one attached hydrogen (secondary N) is 1. The van der Waals surface area contributed by atoms with Crippen molar-refractivity contribution in [3.63, 3.8) is 0 Å². The van der Waals surface area contributed by atoms with E-state index in [2.05, 4.69) is 9.97 Å². The van der Waals surface area contributed by atoms with E-state index < -0.39 is 48.6 Å². The van der Waals surface area contributed by atoms with Crippen molar-refractivity contribution < 1.29 is 33.2 Å². The van der Waals surface area contributed by atoms with Crippen LogP contribution in [0, 0.1) is 22.2 Å². The van der Waals surface area contributed by atoms with Crippen molar-refractivity contribution in [3.8, 4) is 0 Å². The lowest BCUT2D eigenvalue weighted by atomic mass is 10.0. The fourth-order valence-corrected chi connectivity index (χ4v) is 2.79. The van der Waals surface area contributed by atoms with Gasteiger partial charge in [0.2, 0.25) is 5.82 Å². The van der Waals surface area contributed by atoms with Crippen LogP contribution < -0.4 is 0 Å². The molecule has 0 aliphatic carbocycles. The Hall–Kier alpha value is -1.59. The standard InChI is InChI=1S/C13H11F3N2O4S/c14-6-3-1-4(10-9(21)8(20)5(2-19)22-10)13(23)18-12(3)17-11(16)7(6)15/h1,5,8-10,19-21H,2H2,(H,17,18,23)/t5-,8?,9?,10+/m1/s1. The molecule has 10 heteroatoms. The van der Waals surface area contributed by atoms with Crippen LogP contribution in [0.2, 0.25) is 0 Å². The minimum Gasteiger partial charge on any atom is -0.394 e. The van der Waals surface area contributed by atoms with Crippen molar-refractivity contribution in [2.75, 3.05) is 6.61 Å². The van der Waals surface area contributed by atoms with Crippen molar-refractivity contribution in [1.82, 2.24) is 9.97 Å². The molecule has 0 amide bonds. The molecule has 6 nitrogen and oxygen atoms in total.